The Morgan fingerprint density at radius 2 is 1.65 bits per heavy atom. The maximum atomic E-state index is 14.2. The van der Waals surface area contributed by atoms with Gasteiger partial charge in [0, 0.05) is 30.0 Å². The molecule has 1 aromatic heterocycles. The molecule has 52 heavy (non-hydrogen) atoms. The molecule has 3 aromatic carbocycles. The number of unbranched alkanes of at least 4 members (excludes halogenated alkanes) is 1. The number of hydrogen-bond donors (Lipinski definition) is 2. The van der Waals surface area contributed by atoms with Crippen molar-refractivity contribution in [1.29, 1.82) is 0 Å². The summed E-state index contributed by atoms with van der Waals surface area (Å²) >= 11 is 0. The normalized spacial score (nSPS) is 22.1. The number of Topliss-reactive ketones (excluding diaryl/α,β-unsaturated/α-hetero) is 2. The highest BCUT2D eigenvalue weighted by molar-refractivity contribution is 6.00. The minimum absolute atomic E-state index is 0.0310. The van der Waals surface area contributed by atoms with Crippen molar-refractivity contribution in [3.63, 3.8) is 0 Å². The average molecular weight is 697 g/mol. The molecular formula is C46H52N2O4. The number of phenolic OH excluding ortho intramolecular Hbond substituents is 1. The second-order valence-electron chi connectivity index (χ2n) is 14.9. The van der Waals surface area contributed by atoms with Crippen molar-refractivity contribution in [1.82, 2.24) is 4.98 Å². The van der Waals surface area contributed by atoms with Crippen LogP contribution in [0, 0.1) is 35.5 Å². The topological polar surface area (TPSA) is 103 Å². The SMILES string of the molecule is CCCCC1CC(Cc2ccnc(N)c2)CC2C#CC(c3ccccc3)c3c(cc(OC)c(O)c3CCc3ccccc3)CCC(=O)CC(=O)C2C1. The number of nitrogens with zero attached hydrogens (tertiary/aromatic N) is 1. The molecule has 1 fully saturated rings. The van der Waals surface area contributed by atoms with E-state index in [2.05, 4.69) is 48.0 Å². The lowest BCUT2D eigenvalue weighted by atomic mass is 9.77. The molecule has 6 rings (SSSR count). The summed E-state index contributed by atoms with van der Waals surface area (Å²) in [6, 6.07) is 26.4. The van der Waals surface area contributed by atoms with Gasteiger partial charge in [0.25, 0.3) is 0 Å². The number of rotatable bonds is 10. The second kappa shape index (κ2) is 17.6. The van der Waals surface area contributed by atoms with Gasteiger partial charge in [-0.15, -0.1) is 0 Å². The van der Waals surface area contributed by atoms with E-state index in [0.717, 1.165) is 79.2 Å². The zero-order valence-electron chi connectivity index (χ0n) is 30.7. The molecule has 0 radical (unpaired) electrons. The molecule has 5 unspecified atom stereocenters. The molecule has 5 atom stereocenters. The largest absolute Gasteiger partial charge is 0.504 e. The van der Waals surface area contributed by atoms with Crippen LogP contribution in [0.25, 0.3) is 0 Å². The number of aromatic nitrogens is 1. The van der Waals surface area contributed by atoms with Gasteiger partial charge in [0.2, 0.25) is 0 Å². The molecule has 1 heterocycles. The fourth-order valence-corrected chi connectivity index (χ4v) is 8.59. The van der Waals surface area contributed by atoms with Crippen molar-refractivity contribution in [2.24, 2.45) is 23.7 Å². The zero-order chi connectivity index (χ0) is 36.5. The molecule has 1 saturated carbocycles. The minimum atomic E-state index is -0.373. The van der Waals surface area contributed by atoms with Gasteiger partial charge in [0.05, 0.1) is 19.4 Å². The standard InChI is InChI=1S/C46H52N2O4/c1-3-4-11-32-24-34(25-33-22-23-48-44(47)28-33)26-36-18-21-39(35-14-9-6-10-15-35)45-37(17-19-38(49)30-42(50)41(36)27-32)29-43(52-2)46(51)40(45)20-16-31-12-7-5-8-13-31/h5-10,12-15,22-23,28-29,32,34,36,39,41,51H,3-4,11,16-17,19-20,24-27,30H2,1-2H3,(H2,47,48). The van der Waals surface area contributed by atoms with Crippen molar-refractivity contribution >= 4 is 17.4 Å². The summed E-state index contributed by atoms with van der Waals surface area (Å²) in [5.41, 5.74) is 12.1. The second-order valence-corrected chi connectivity index (χ2v) is 14.9. The number of phenols is 1. The van der Waals surface area contributed by atoms with Crippen LogP contribution in [-0.4, -0.2) is 28.8 Å². The van der Waals surface area contributed by atoms with E-state index in [1.54, 1.807) is 13.3 Å². The minimum Gasteiger partial charge on any atom is -0.504 e. The van der Waals surface area contributed by atoms with Gasteiger partial charge in [-0.1, -0.05) is 98.7 Å². The third kappa shape index (κ3) is 9.12. The van der Waals surface area contributed by atoms with Crippen molar-refractivity contribution in [3.05, 3.63) is 118 Å². The number of methoxy groups -OCH3 is 1. The highest BCUT2D eigenvalue weighted by atomic mass is 16.5. The number of ketones is 2. The lowest BCUT2D eigenvalue weighted by Gasteiger charge is -2.26. The summed E-state index contributed by atoms with van der Waals surface area (Å²) < 4.78 is 5.71. The van der Waals surface area contributed by atoms with E-state index in [-0.39, 0.29) is 47.9 Å². The van der Waals surface area contributed by atoms with Gasteiger partial charge < -0.3 is 15.6 Å². The maximum absolute atomic E-state index is 14.2. The molecule has 0 bridgehead atoms. The van der Waals surface area contributed by atoms with Crippen LogP contribution in [0.2, 0.25) is 0 Å². The highest BCUT2D eigenvalue weighted by Gasteiger charge is 2.37. The number of aromatic hydroxyl groups is 1. The van der Waals surface area contributed by atoms with Crippen LogP contribution < -0.4 is 10.5 Å². The number of nitrogen functional groups attached to an aromatic ring is 1. The molecule has 270 valence electrons. The number of ether oxygens (including phenoxy) is 1. The third-order valence-electron chi connectivity index (χ3n) is 11.2. The van der Waals surface area contributed by atoms with Crippen LogP contribution >= 0.6 is 0 Å². The highest BCUT2D eigenvalue weighted by Crippen LogP contribution is 2.44. The van der Waals surface area contributed by atoms with Crippen molar-refractivity contribution < 1.29 is 19.4 Å². The summed E-state index contributed by atoms with van der Waals surface area (Å²) in [6.07, 6.45) is 10.3. The Morgan fingerprint density at radius 3 is 2.38 bits per heavy atom. The van der Waals surface area contributed by atoms with E-state index in [4.69, 9.17) is 10.5 Å². The molecule has 3 N–H and O–H groups in total. The van der Waals surface area contributed by atoms with Gasteiger partial charge in [0.15, 0.2) is 11.5 Å². The molecule has 0 aliphatic heterocycles. The van der Waals surface area contributed by atoms with E-state index >= 15 is 0 Å². The van der Waals surface area contributed by atoms with E-state index in [1.165, 1.54) is 5.56 Å². The smallest absolute Gasteiger partial charge is 0.161 e. The number of hydrogen-bond acceptors (Lipinski definition) is 6. The van der Waals surface area contributed by atoms with E-state index < -0.39 is 0 Å². The van der Waals surface area contributed by atoms with Gasteiger partial charge in [-0.05, 0) is 103 Å². The Morgan fingerprint density at radius 1 is 0.885 bits per heavy atom. The number of carbonyl (C=O) groups excluding carboxylic acids is 2. The number of carbonyl (C=O) groups is 2. The first-order valence-electron chi connectivity index (χ1n) is 19.1. The van der Waals surface area contributed by atoms with E-state index in [0.29, 0.717) is 36.2 Å². The third-order valence-corrected chi connectivity index (χ3v) is 11.2. The molecule has 4 aromatic rings. The van der Waals surface area contributed by atoms with Crippen LogP contribution in [-0.2, 0) is 35.3 Å². The first kappa shape index (κ1) is 36.9. The number of nitrogens with two attached hydrogens (primary N) is 1. The Kier molecular flexibility index (Phi) is 12.5. The van der Waals surface area contributed by atoms with Gasteiger partial charge in [0.1, 0.15) is 17.4 Å². The van der Waals surface area contributed by atoms with Crippen molar-refractivity contribution in [2.75, 3.05) is 12.8 Å². The first-order valence-corrected chi connectivity index (χ1v) is 19.1. The van der Waals surface area contributed by atoms with Crippen molar-refractivity contribution in [2.45, 2.75) is 89.9 Å². The average Bonchev–Trinajstić information content (AvgIpc) is 3.32. The Bertz CT molecular complexity index is 1890. The molecular weight excluding hydrogens is 645 g/mol. The lowest BCUT2D eigenvalue weighted by molar-refractivity contribution is -0.130. The summed E-state index contributed by atoms with van der Waals surface area (Å²) in [7, 11) is 1.56. The summed E-state index contributed by atoms with van der Waals surface area (Å²) in [5.74, 6) is 8.31. The summed E-state index contributed by atoms with van der Waals surface area (Å²) in [5, 5.41) is 11.8. The van der Waals surface area contributed by atoms with Crippen LogP contribution in [0.4, 0.5) is 5.82 Å². The molecule has 2 aliphatic carbocycles. The van der Waals surface area contributed by atoms with Crippen LogP contribution in [0.3, 0.4) is 0 Å². The number of benzene rings is 3. The maximum Gasteiger partial charge on any atom is 0.161 e. The van der Waals surface area contributed by atoms with E-state index in [9.17, 15) is 14.7 Å². The first-order chi connectivity index (χ1) is 25.3. The molecule has 0 saturated heterocycles. The fraction of sp³-hybridized carbons (Fsp3) is 0.413. The molecule has 6 heteroatoms. The zero-order valence-corrected chi connectivity index (χ0v) is 30.7. The Hall–Kier alpha value is -4.89. The Balaban J connectivity index is 1.49. The van der Waals surface area contributed by atoms with Gasteiger partial charge in [-0.2, -0.15) is 0 Å². The fourth-order valence-electron chi connectivity index (χ4n) is 8.59. The number of fused-ring (bicyclic) bond motifs is 2. The number of anilines is 1. The Labute approximate surface area is 309 Å². The van der Waals surface area contributed by atoms with Crippen LogP contribution in [0.5, 0.6) is 11.5 Å². The predicted octanol–water partition coefficient (Wildman–Crippen LogP) is 8.85. The van der Waals surface area contributed by atoms with Gasteiger partial charge in [-0.3, -0.25) is 9.59 Å². The monoisotopic (exact) mass is 696 g/mol. The number of aryl methyl sites for hydroxylation is 2. The van der Waals surface area contributed by atoms with Crippen LogP contribution in [0.1, 0.15) is 97.6 Å². The van der Waals surface area contributed by atoms with E-state index in [1.807, 2.05) is 54.6 Å². The quantitative estimate of drug-likeness (QED) is 0.127. The van der Waals surface area contributed by atoms with Crippen LogP contribution in [0.15, 0.2) is 85.1 Å². The van der Waals surface area contributed by atoms with Gasteiger partial charge in [-0.25, -0.2) is 4.98 Å². The summed E-state index contributed by atoms with van der Waals surface area (Å²) in [6.45, 7) is 2.21. The summed E-state index contributed by atoms with van der Waals surface area (Å²) in [4.78, 5) is 32.1. The predicted molar refractivity (Wildman–Crippen MR) is 207 cm³/mol. The number of pyridine rings is 1. The lowest BCUT2D eigenvalue weighted by Crippen LogP contribution is -2.27. The molecule has 0 amide bonds. The molecule has 2 aliphatic rings. The van der Waals surface area contributed by atoms with Crippen molar-refractivity contribution in [3.8, 4) is 23.3 Å². The van der Waals surface area contributed by atoms with Gasteiger partial charge >= 0.3 is 0 Å². The molecule has 6 nitrogen and oxygen atoms in total. The molecule has 0 spiro atoms.